The highest BCUT2D eigenvalue weighted by molar-refractivity contribution is 6.06. The first kappa shape index (κ1) is 15.6. The molecule has 0 fully saturated rings. The summed E-state index contributed by atoms with van der Waals surface area (Å²) in [4.78, 5) is 12.2. The van der Waals surface area contributed by atoms with Gasteiger partial charge in [-0.2, -0.15) is 0 Å². The summed E-state index contributed by atoms with van der Waals surface area (Å²) in [6.45, 7) is 2.13. The number of hydrogen-bond acceptors (Lipinski definition) is 3. The summed E-state index contributed by atoms with van der Waals surface area (Å²) >= 11 is 0. The van der Waals surface area contributed by atoms with E-state index in [4.69, 9.17) is 10.9 Å². The molecule has 114 valence electrons. The van der Waals surface area contributed by atoms with Crippen LogP contribution >= 0.6 is 0 Å². The number of nitrogens with one attached hydrogen (secondary N) is 1. The lowest BCUT2D eigenvalue weighted by Crippen LogP contribution is -2.16. The third-order valence-corrected chi connectivity index (χ3v) is 3.28. The van der Waals surface area contributed by atoms with E-state index in [-0.39, 0.29) is 11.7 Å². The average Bonchev–Trinajstić information content (AvgIpc) is 2.56. The predicted molar refractivity (Wildman–Crippen MR) is 87.3 cm³/mol. The zero-order valence-corrected chi connectivity index (χ0v) is 12.4. The van der Waals surface area contributed by atoms with E-state index >= 15 is 0 Å². The molecule has 0 unspecified atom stereocenters. The Bertz CT molecular complexity index is 679. The highest BCUT2D eigenvalue weighted by atomic mass is 16.4. The molecule has 2 rings (SSSR count). The van der Waals surface area contributed by atoms with Crippen molar-refractivity contribution >= 4 is 17.4 Å². The molecular formula is C17H19N3O2. The van der Waals surface area contributed by atoms with E-state index in [1.165, 1.54) is 5.56 Å². The van der Waals surface area contributed by atoms with Crippen molar-refractivity contribution in [2.45, 2.75) is 19.8 Å². The Labute approximate surface area is 129 Å². The number of amidine groups is 1. The van der Waals surface area contributed by atoms with Crippen molar-refractivity contribution in [2.24, 2.45) is 10.9 Å². The number of oxime groups is 1. The van der Waals surface area contributed by atoms with Crippen LogP contribution in [0.1, 0.15) is 34.8 Å². The third kappa shape index (κ3) is 3.85. The van der Waals surface area contributed by atoms with Crippen LogP contribution in [0.5, 0.6) is 0 Å². The minimum absolute atomic E-state index is 0.0291. The van der Waals surface area contributed by atoms with Crippen molar-refractivity contribution in [3.63, 3.8) is 0 Å². The van der Waals surface area contributed by atoms with E-state index in [9.17, 15) is 4.79 Å². The summed E-state index contributed by atoms with van der Waals surface area (Å²) in [5, 5.41) is 14.4. The molecule has 0 radical (unpaired) electrons. The number of amides is 1. The van der Waals surface area contributed by atoms with Gasteiger partial charge in [0.05, 0.1) is 0 Å². The van der Waals surface area contributed by atoms with Gasteiger partial charge in [0.25, 0.3) is 5.91 Å². The molecule has 0 aliphatic carbocycles. The van der Waals surface area contributed by atoms with Crippen molar-refractivity contribution in [1.29, 1.82) is 0 Å². The van der Waals surface area contributed by atoms with Crippen LogP contribution in [-0.4, -0.2) is 17.0 Å². The number of nitrogens with two attached hydrogens (primary N) is 1. The van der Waals surface area contributed by atoms with Crippen LogP contribution in [0.3, 0.4) is 0 Å². The minimum atomic E-state index is -0.240. The SMILES string of the molecule is CCCc1ccc(NC(=O)c2cccc(/C(N)=N\O)c2)cc1. The van der Waals surface area contributed by atoms with Crippen LogP contribution in [-0.2, 0) is 6.42 Å². The second-order valence-electron chi connectivity index (χ2n) is 4.97. The van der Waals surface area contributed by atoms with Crippen LogP contribution in [0.15, 0.2) is 53.7 Å². The smallest absolute Gasteiger partial charge is 0.255 e. The van der Waals surface area contributed by atoms with Crippen molar-refractivity contribution in [3.8, 4) is 0 Å². The Hall–Kier alpha value is -2.82. The summed E-state index contributed by atoms with van der Waals surface area (Å²) in [5.41, 5.74) is 8.45. The van der Waals surface area contributed by atoms with Gasteiger partial charge in [-0.15, -0.1) is 0 Å². The van der Waals surface area contributed by atoms with Gasteiger partial charge in [0, 0.05) is 16.8 Å². The average molecular weight is 297 g/mol. The molecule has 22 heavy (non-hydrogen) atoms. The third-order valence-electron chi connectivity index (χ3n) is 3.28. The number of carbonyl (C=O) groups is 1. The van der Waals surface area contributed by atoms with E-state index < -0.39 is 0 Å². The molecule has 2 aromatic rings. The maximum absolute atomic E-state index is 12.2. The molecule has 0 spiro atoms. The summed E-state index contributed by atoms with van der Waals surface area (Å²) in [7, 11) is 0. The number of nitrogens with zero attached hydrogens (tertiary/aromatic N) is 1. The maximum Gasteiger partial charge on any atom is 0.255 e. The van der Waals surface area contributed by atoms with E-state index in [2.05, 4.69) is 17.4 Å². The van der Waals surface area contributed by atoms with E-state index in [0.29, 0.717) is 11.1 Å². The van der Waals surface area contributed by atoms with E-state index in [0.717, 1.165) is 18.5 Å². The summed E-state index contributed by atoms with van der Waals surface area (Å²) in [6.07, 6.45) is 2.11. The molecule has 4 N–H and O–H groups in total. The second-order valence-corrected chi connectivity index (χ2v) is 4.97. The maximum atomic E-state index is 12.2. The van der Waals surface area contributed by atoms with Crippen LogP contribution in [0.25, 0.3) is 0 Å². The van der Waals surface area contributed by atoms with Gasteiger partial charge in [-0.1, -0.05) is 42.8 Å². The topological polar surface area (TPSA) is 87.7 Å². The molecule has 0 heterocycles. The molecule has 2 aromatic carbocycles. The fraction of sp³-hybridized carbons (Fsp3) is 0.176. The van der Waals surface area contributed by atoms with Crippen LogP contribution < -0.4 is 11.1 Å². The summed E-state index contributed by atoms with van der Waals surface area (Å²) in [5.74, 6) is -0.269. The fourth-order valence-corrected chi connectivity index (χ4v) is 2.12. The molecule has 0 saturated carbocycles. The normalized spacial score (nSPS) is 11.2. The van der Waals surface area contributed by atoms with Gasteiger partial charge in [0.2, 0.25) is 0 Å². The Morgan fingerprint density at radius 3 is 2.50 bits per heavy atom. The zero-order chi connectivity index (χ0) is 15.9. The van der Waals surface area contributed by atoms with Crippen molar-refractivity contribution in [1.82, 2.24) is 0 Å². The molecule has 0 aliphatic heterocycles. The lowest BCUT2D eigenvalue weighted by Gasteiger charge is -2.07. The highest BCUT2D eigenvalue weighted by Crippen LogP contribution is 2.13. The summed E-state index contributed by atoms with van der Waals surface area (Å²) in [6, 6.07) is 14.4. The van der Waals surface area contributed by atoms with Gasteiger partial charge in [-0.3, -0.25) is 4.79 Å². The second kappa shape index (κ2) is 7.26. The number of hydrogen-bond donors (Lipinski definition) is 3. The molecule has 1 amide bonds. The number of aryl methyl sites for hydroxylation is 1. The fourth-order valence-electron chi connectivity index (χ4n) is 2.12. The largest absolute Gasteiger partial charge is 0.409 e. The van der Waals surface area contributed by atoms with Crippen molar-refractivity contribution in [3.05, 3.63) is 65.2 Å². The first-order valence-electron chi connectivity index (χ1n) is 7.12. The number of carbonyl (C=O) groups excluding carboxylic acids is 1. The molecule has 5 nitrogen and oxygen atoms in total. The zero-order valence-electron chi connectivity index (χ0n) is 12.4. The minimum Gasteiger partial charge on any atom is -0.409 e. The van der Waals surface area contributed by atoms with E-state index in [1.807, 2.05) is 24.3 Å². The van der Waals surface area contributed by atoms with Gasteiger partial charge >= 0.3 is 0 Å². The molecule has 5 heteroatoms. The lowest BCUT2D eigenvalue weighted by atomic mass is 10.1. The number of benzene rings is 2. The molecule has 0 bridgehead atoms. The lowest BCUT2D eigenvalue weighted by molar-refractivity contribution is 0.102. The molecule has 0 aliphatic rings. The standard InChI is InChI=1S/C17H19N3O2/c1-2-4-12-7-9-15(10-8-12)19-17(21)14-6-3-5-13(11-14)16(18)20-22/h3,5-11,22H,2,4H2,1H3,(H2,18,20)(H,19,21). The van der Waals surface area contributed by atoms with Crippen molar-refractivity contribution in [2.75, 3.05) is 5.32 Å². The van der Waals surface area contributed by atoms with Crippen LogP contribution in [0, 0.1) is 0 Å². The van der Waals surface area contributed by atoms with Gasteiger partial charge in [-0.25, -0.2) is 0 Å². The highest BCUT2D eigenvalue weighted by Gasteiger charge is 2.08. The van der Waals surface area contributed by atoms with Gasteiger partial charge in [-0.05, 0) is 36.2 Å². The predicted octanol–water partition coefficient (Wildman–Crippen LogP) is 2.99. The van der Waals surface area contributed by atoms with Crippen LogP contribution in [0.2, 0.25) is 0 Å². The van der Waals surface area contributed by atoms with Crippen LogP contribution in [0.4, 0.5) is 5.69 Å². The van der Waals surface area contributed by atoms with E-state index in [1.54, 1.807) is 24.3 Å². The van der Waals surface area contributed by atoms with Gasteiger partial charge < -0.3 is 16.3 Å². The number of anilines is 1. The monoisotopic (exact) mass is 297 g/mol. The Morgan fingerprint density at radius 2 is 1.86 bits per heavy atom. The molecule has 0 saturated heterocycles. The first-order chi connectivity index (χ1) is 10.6. The van der Waals surface area contributed by atoms with Gasteiger partial charge in [0.15, 0.2) is 5.84 Å². The molecular weight excluding hydrogens is 278 g/mol. The Balaban J connectivity index is 2.12. The molecule has 0 aromatic heterocycles. The molecule has 0 atom stereocenters. The number of rotatable bonds is 5. The quantitative estimate of drug-likeness (QED) is 0.343. The Kier molecular flexibility index (Phi) is 5.14. The van der Waals surface area contributed by atoms with Gasteiger partial charge in [0.1, 0.15) is 0 Å². The first-order valence-corrected chi connectivity index (χ1v) is 7.12. The van der Waals surface area contributed by atoms with Crippen molar-refractivity contribution < 1.29 is 10.0 Å². The summed E-state index contributed by atoms with van der Waals surface area (Å²) < 4.78 is 0. The Morgan fingerprint density at radius 1 is 1.18 bits per heavy atom.